The average Bonchev–Trinajstić information content (AvgIpc) is 2.74. The van der Waals surface area contributed by atoms with Crippen LogP contribution in [0.2, 0.25) is 10.0 Å². The molecule has 15 heavy (non-hydrogen) atoms. The van der Waals surface area contributed by atoms with Crippen molar-refractivity contribution in [2.24, 2.45) is 17.1 Å². The molecule has 0 radical (unpaired) electrons. The molecule has 0 heterocycles. The van der Waals surface area contributed by atoms with Gasteiger partial charge in [-0.2, -0.15) is 0 Å². The summed E-state index contributed by atoms with van der Waals surface area (Å²) in [4.78, 5) is 0. The monoisotopic (exact) mass is 243 g/mol. The minimum Gasteiger partial charge on any atom is -0.324 e. The maximum atomic E-state index is 6.20. The maximum absolute atomic E-state index is 6.20. The summed E-state index contributed by atoms with van der Waals surface area (Å²) in [5.41, 5.74) is 7.57. The molecular weight excluding hydrogens is 229 g/mol. The Hall–Kier alpha value is -0.240. The molecule has 2 N–H and O–H groups in total. The minimum absolute atomic E-state index is 0.0322. The molecule has 1 aliphatic rings. The second kappa shape index (κ2) is 3.65. The van der Waals surface area contributed by atoms with Gasteiger partial charge < -0.3 is 5.73 Å². The van der Waals surface area contributed by atoms with E-state index in [9.17, 15) is 0 Å². The number of rotatable bonds is 2. The molecule has 1 nitrogen and oxygen atoms in total. The van der Waals surface area contributed by atoms with Crippen LogP contribution in [0.1, 0.15) is 31.9 Å². The highest BCUT2D eigenvalue weighted by atomic mass is 35.5. The van der Waals surface area contributed by atoms with Gasteiger partial charge in [-0.15, -0.1) is 0 Å². The van der Waals surface area contributed by atoms with Crippen molar-refractivity contribution in [1.82, 2.24) is 0 Å². The number of halogens is 2. The fourth-order valence-corrected chi connectivity index (χ4v) is 2.64. The second-order valence-electron chi connectivity index (χ2n) is 4.99. The van der Waals surface area contributed by atoms with Gasteiger partial charge in [-0.3, -0.25) is 0 Å². The van der Waals surface area contributed by atoms with Crippen molar-refractivity contribution in [3.05, 3.63) is 33.8 Å². The quantitative estimate of drug-likeness (QED) is 0.834. The first-order chi connectivity index (χ1) is 6.92. The third-order valence-electron chi connectivity index (χ3n) is 3.34. The van der Waals surface area contributed by atoms with Crippen LogP contribution >= 0.6 is 23.2 Å². The molecule has 0 aromatic heterocycles. The number of benzene rings is 1. The highest BCUT2D eigenvalue weighted by molar-refractivity contribution is 6.35. The lowest BCUT2D eigenvalue weighted by molar-refractivity contribution is 0.491. The first kappa shape index (κ1) is 11.3. The molecule has 1 fully saturated rings. The van der Waals surface area contributed by atoms with Gasteiger partial charge in [0.25, 0.3) is 0 Å². The van der Waals surface area contributed by atoms with Crippen LogP contribution < -0.4 is 5.73 Å². The highest BCUT2D eigenvalue weighted by Crippen LogP contribution is 2.57. The third kappa shape index (κ3) is 2.15. The molecule has 0 amide bonds. The van der Waals surface area contributed by atoms with Gasteiger partial charge in [-0.25, -0.2) is 0 Å². The molecule has 2 rings (SSSR count). The fraction of sp³-hybridized carbons (Fsp3) is 0.500. The van der Waals surface area contributed by atoms with Gasteiger partial charge in [0.1, 0.15) is 0 Å². The van der Waals surface area contributed by atoms with E-state index in [1.165, 1.54) is 6.42 Å². The molecule has 0 saturated heterocycles. The Balaban J connectivity index is 2.23. The molecule has 0 spiro atoms. The van der Waals surface area contributed by atoms with Gasteiger partial charge >= 0.3 is 0 Å². The van der Waals surface area contributed by atoms with Crippen molar-refractivity contribution >= 4 is 23.2 Å². The topological polar surface area (TPSA) is 26.0 Å². The summed E-state index contributed by atoms with van der Waals surface area (Å²) in [5, 5.41) is 1.34. The molecule has 2 unspecified atom stereocenters. The highest BCUT2D eigenvalue weighted by Gasteiger charge is 2.49. The smallest absolute Gasteiger partial charge is 0.0468 e. The van der Waals surface area contributed by atoms with Gasteiger partial charge in [-0.1, -0.05) is 43.1 Å². The normalized spacial score (nSPS) is 25.0. The van der Waals surface area contributed by atoms with Crippen LogP contribution in [0.3, 0.4) is 0 Å². The summed E-state index contributed by atoms with van der Waals surface area (Å²) < 4.78 is 0. The zero-order chi connectivity index (χ0) is 11.2. The van der Waals surface area contributed by atoms with Crippen LogP contribution in [-0.2, 0) is 0 Å². The van der Waals surface area contributed by atoms with Crippen molar-refractivity contribution in [3.63, 3.8) is 0 Å². The molecule has 0 bridgehead atoms. The molecule has 1 aliphatic carbocycles. The SMILES string of the molecule is CC1(C)CC1C(N)c1ccc(Cl)cc1Cl. The zero-order valence-electron chi connectivity index (χ0n) is 8.93. The Morgan fingerprint density at radius 2 is 2.00 bits per heavy atom. The number of nitrogens with two attached hydrogens (primary N) is 1. The van der Waals surface area contributed by atoms with E-state index in [1.807, 2.05) is 12.1 Å². The molecule has 1 aromatic carbocycles. The lowest BCUT2D eigenvalue weighted by Crippen LogP contribution is -2.15. The molecule has 82 valence electrons. The van der Waals surface area contributed by atoms with Crippen molar-refractivity contribution in [3.8, 4) is 0 Å². The van der Waals surface area contributed by atoms with E-state index in [0.717, 1.165) is 5.56 Å². The Labute approximate surface area is 101 Å². The van der Waals surface area contributed by atoms with E-state index in [1.54, 1.807) is 6.07 Å². The Morgan fingerprint density at radius 3 is 2.47 bits per heavy atom. The van der Waals surface area contributed by atoms with E-state index < -0.39 is 0 Å². The van der Waals surface area contributed by atoms with Crippen LogP contribution in [0.5, 0.6) is 0 Å². The minimum atomic E-state index is 0.0322. The molecule has 1 saturated carbocycles. The van der Waals surface area contributed by atoms with E-state index in [4.69, 9.17) is 28.9 Å². The summed E-state index contributed by atoms with van der Waals surface area (Å²) in [6, 6.07) is 5.57. The van der Waals surface area contributed by atoms with Crippen molar-refractivity contribution in [2.45, 2.75) is 26.3 Å². The first-order valence-electron chi connectivity index (χ1n) is 5.12. The molecule has 2 atom stereocenters. The van der Waals surface area contributed by atoms with Crippen molar-refractivity contribution in [2.75, 3.05) is 0 Å². The van der Waals surface area contributed by atoms with E-state index in [0.29, 0.717) is 21.4 Å². The molecular formula is C12H15Cl2N. The average molecular weight is 244 g/mol. The lowest BCUT2D eigenvalue weighted by atomic mass is 9.98. The number of hydrogen-bond donors (Lipinski definition) is 1. The van der Waals surface area contributed by atoms with Gasteiger partial charge in [0, 0.05) is 16.1 Å². The number of hydrogen-bond acceptors (Lipinski definition) is 1. The largest absolute Gasteiger partial charge is 0.324 e. The standard InChI is InChI=1S/C12H15Cl2N/c1-12(2)6-9(12)11(15)8-4-3-7(13)5-10(8)14/h3-5,9,11H,6,15H2,1-2H3. The van der Waals surface area contributed by atoms with Crippen LogP contribution in [0, 0.1) is 11.3 Å². The first-order valence-corrected chi connectivity index (χ1v) is 5.88. The Bertz CT molecular complexity index is 387. The lowest BCUT2D eigenvalue weighted by Gasteiger charge is -2.15. The fourth-order valence-electron chi connectivity index (χ4n) is 2.11. The summed E-state index contributed by atoms with van der Waals surface area (Å²) >= 11 is 12.0. The Morgan fingerprint density at radius 1 is 1.40 bits per heavy atom. The Kier molecular flexibility index (Phi) is 2.74. The molecule has 3 heteroatoms. The van der Waals surface area contributed by atoms with Crippen molar-refractivity contribution < 1.29 is 0 Å². The van der Waals surface area contributed by atoms with Crippen LogP contribution in [0.25, 0.3) is 0 Å². The van der Waals surface area contributed by atoms with Crippen molar-refractivity contribution in [1.29, 1.82) is 0 Å². The summed E-state index contributed by atoms with van der Waals surface area (Å²) in [5.74, 6) is 0.538. The third-order valence-corrected chi connectivity index (χ3v) is 3.91. The van der Waals surface area contributed by atoms with Gasteiger partial charge in [0.2, 0.25) is 0 Å². The van der Waals surface area contributed by atoms with Crippen LogP contribution in [0.4, 0.5) is 0 Å². The van der Waals surface area contributed by atoms with E-state index in [2.05, 4.69) is 13.8 Å². The summed E-state index contributed by atoms with van der Waals surface area (Å²) in [7, 11) is 0. The zero-order valence-corrected chi connectivity index (χ0v) is 10.4. The van der Waals surface area contributed by atoms with E-state index >= 15 is 0 Å². The predicted octanol–water partition coefficient (Wildman–Crippen LogP) is 4.04. The van der Waals surface area contributed by atoms with E-state index in [-0.39, 0.29) is 6.04 Å². The van der Waals surface area contributed by atoms with Crippen LogP contribution in [0.15, 0.2) is 18.2 Å². The maximum Gasteiger partial charge on any atom is 0.0468 e. The molecule has 0 aliphatic heterocycles. The van der Waals surface area contributed by atoms with Gasteiger partial charge in [0.05, 0.1) is 0 Å². The van der Waals surface area contributed by atoms with Gasteiger partial charge in [0.15, 0.2) is 0 Å². The predicted molar refractivity (Wildman–Crippen MR) is 65.3 cm³/mol. The summed E-state index contributed by atoms with van der Waals surface area (Å²) in [6.45, 7) is 4.47. The second-order valence-corrected chi connectivity index (χ2v) is 5.83. The van der Waals surface area contributed by atoms with Crippen LogP contribution in [-0.4, -0.2) is 0 Å². The molecule has 1 aromatic rings. The summed E-state index contributed by atoms with van der Waals surface area (Å²) in [6.07, 6.45) is 1.17. The van der Waals surface area contributed by atoms with Gasteiger partial charge in [-0.05, 0) is 35.4 Å².